The standard InChI is InChI=1S/C43H42N10O/c1-49-27(20-44)34-39(37-30-21(12-10-14-23(30)45)41(52(6)7)22-13-11-15-24(46)31(22)37)43(54)40(34)38-32-25(47)16-18-28(50(2)3)35(32)42(53(8)9)36-29(51(4)5)19-17-26(48)33(36)38/h10-19H,45-48H2,2-9H3/p+1/b34-27-. The van der Waals surface area contributed by atoms with Crippen LogP contribution in [0.3, 0.4) is 0 Å². The maximum atomic E-state index is 12.8. The maximum absolute atomic E-state index is 12.8. The van der Waals surface area contributed by atoms with Crippen LogP contribution in [-0.4, -0.2) is 71.8 Å². The van der Waals surface area contributed by atoms with Crippen LogP contribution in [0.4, 0.5) is 39.8 Å². The second kappa shape index (κ2) is 12.5. The monoisotopic (exact) mass is 715 g/mol. The van der Waals surface area contributed by atoms with Crippen LogP contribution in [0.25, 0.3) is 37.5 Å². The van der Waals surface area contributed by atoms with Gasteiger partial charge in [-0.1, -0.05) is 24.3 Å². The first kappa shape index (κ1) is 35.3. The van der Waals surface area contributed by atoms with E-state index in [1.165, 1.54) is 0 Å². The highest BCUT2D eigenvalue weighted by Crippen LogP contribution is 2.59. The molecule has 0 aromatic heterocycles. The normalized spacial score (nSPS) is 14.3. The van der Waals surface area contributed by atoms with E-state index in [1.807, 2.05) is 124 Å². The van der Waals surface area contributed by atoms with Gasteiger partial charge in [0, 0.05) is 126 Å². The lowest BCUT2D eigenvalue weighted by Gasteiger charge is -2.37. The SMILES string of the molecule is [C-]#[N+]/C(C#N)=C1\C(=C2c3c(N)ccc(N(C)C)c3C(=[N+](C)C)c3c(N(C)C)ccc(N)c32)C(O)=C1c1c2c(N)cccc2c(N(C)C)c2cccc(N)c12. The summed E-state index contributed by atoms with van der Waals surface area (Å²) in [6.07, 6.45) is 0. The molecule has 0 amide bonds. The third-order valence-corrected chi connectivity index (χ3v) is 10.4. The lowest BCUT2D eigenvalue weighted by Crippen LogP contribution is -2.31. The van der Waals surface area contributed by atoms with Gasteiger partial charge in [0.1, 0.15) is 19.9 Å². The highest BCUT2D eigenvalue weighted by molar-refractivity contribution is 6.30. The molecule has 0 atom stereocenters. The Kier molecular flexibility index (Phi) is 8.19. The molecule has 5 aromatic rings. The van der Waals surface area contributed by atoms with Gasteiger partial charge in [0.25, 0.3) is 5.70 Å². The number of nitrogens with zero attached hydrogens (tertiary/aromatic N) is 6. The zero-order valence-electron chi connectivity index (χ0n) is 31.7. The summed E-state index contributed by atoms with van der Waals surface area (Å²) < 4.78 is 2.05. The van der Waals surface area contributed by atoms with Crippen LogP contribution < -0.4 is 37.6 Å². The smallest absolute Gasteiger partial charge is 0.270 e. The number of nitrogen functional groups attached to an aromatic ring is 4. The summed E-state index contributed by atoms with van der Waals surface area (Å²) in [5.74, 6) is -0.127. The Morgan fingerprint density at radius 2 is 1.13 bits per heavy atom. The van der Waals surface area contributed by atoms with Crippen molar-refractivity contribution in [3.63, 3.8) is 0 Å². The van der Waals surface area contributed by atoms with Crippen LogP contribution in [-0.2, 0) is 0 Å². The fourth-order valence-corrected chi connectivity index (χ4v) is 8.31. The van der Waals surface area contributed by atoms with Crippen LogP contribution >= 0.6 is 0 Å². The highest BCUT2D eigenvalue weighted by Gasteiger charge is 2.45. The number of allylic oxidation sites excluding steroid dienone is 3. The van der Waals surface area contributed by atoms with Crippen LogP contribution in [0.15, 0.2) is 83.3 Å². The molecular weight excluding hydrogens is 673 g/mol. The molecule has 54 heavy (non-hydrogen) atoms. The lowest BCUT2D eigenvalue weighted by atomic mass is 9.68. The first-order valence-electron chi connectivity index (χ1n) is 17.3. The molecule has 0 heterocycles. The fourth-order valence-electron chi connectivity index (χ4n) is 8.31. The molecule has 0 radical (unpaired) electrons. The first-order valence-corrected chi connectivity index (χ1v) is 17.3. The van der Waals surface area contributed by atoms with Gasteiger partial charge in [0.15, 0.2) is 0 Å². The molecule has 11 nitrogen and oxygen atoms in total. The topological polar surface area (TPSA) is 165 Å². The van der Waals surface area contributed by atoms with E-state index in [2.05, 4.69) is 10.9 Å². The summed E-state index contributed by atoms with van der Waals surface area (Å²) in [5, 5.41) is 26.4. The average Bonchev–Trinajstić information content (AvgIpc) is 3.11. The van der Waals surface area contributed by atoms with Crippen molar-refractivity contribution in [2.24, 2.45) is 0 Å². The minimum absolute atomic E-state index is 0.127. The number of benzene rings is 5. The fraction of sp³-hybridized carbons (Fsp3) is 0.186. The Balaban J connectivity index is 1.80. The van der Waals surface area contributed by atoms with E-state index in [0.29, 0.717) is 66.9 Å². The van der Waals surface area contributed by atoms with E-state index in [-0.39, 0.29) is 17.0 Å². The van der Waals surface area contributed by atoms with E-state index in [4.69, 9.17) is 29.5 Å². The Morgan fingerprint density at radius 1 is 0.648 bits per heavy atom. The van der Waals surface area contributed by atoms with Crippen LogP contribution in [0.2, 0.25) is 0 Å². The first-order chi connectivity index (χ1) is 25.7. The van der Waals surface area contributed by atoms with Crippen molar-refractivity contribution in [1.29, 1.82) is 5.26 Å². The maximum Gasteiger partial charge on any atom is 0.270 e. The Bertz CT molecular complexity index is 2580. The van der Waals surface area contributed by atoms with E-state index >= 15 is 0 Å². The van der Waals surface area contributed by atoms with Gasteiger partial charge in [-0.15, -0.1) is 0 Å². The third-order valence-electron chi connectivity index (χ3n) is 10.4. The summed E-state index contributed by atoms with van der Waals surface area (Å²) in [7, 11) is 15.7. The number of aliphatic hydroxyl groups is 1. The molecule has 0 aliphatic heterocycles. The Hall–Kier alpha value is -7.11. The zero-order chi connectivity index (χ0) is 39.1. The predicted octanol–water partition coefficient (Wildman–Crippen LogP) is 6.42. The predicted molar refractivity (Wildman–Crippen MR) is 225 cm³/mol. The molecular formula is C43H43N10O+. The number of aliphatic hydroxyl groups excluding tert-OH is 1. The number of hydrogen-bond acceptors (Lipinski definition) is 9. The quantitative estimate of drug-likeness (QED) is 0.0455. The summed E-state index contributed by atoms with van der Waals surface area (Å²) in [4.78, 5) is 9.80. The highest BCUT2D eigenvalue weighted by atomic mass is 16.3. The molecule has 270 valence electrons. The van der Waals surface area contributed by atoms with Crippen molar-refractivity contribution in [2.45, 2.75) is 0 Å². The third kappa shape index (κ3) is 4.75. The number of rotatable bonds is 4. The minimum Gasteiger partial charge on any atom is -0.507 e. The van der Waals surface area contributed by atoms with Gasteiger partial charge in [-0.2, -0.15) is 0 Å². The Morgan fingerprint density at radius 3 is 1.52 bits per heavy atom. The van der Waals surface area contributed by atoms with E-state index in [0.717, 1.165) is 44.7 Å². The van der Waals surface area contributed by atoms with Crippen molar-refractivity contribution in [3.05, 3.63) is 123 Å². The molecule has 0 unspecified atom stereocenters. The molecule has 11 heteroatoms. The molecule has 0 saturated heterocycles. The van der Waals surface area contributed by atoms with Crippen LogP contribution in [0, 0.1) is 17.9 Å². The molecule has 0 bridgehead atoms. The summed E-state index contributed by atoms with van der Waals surface area (Å²) >= 11 is 0. The van der Waals surface area contributed by atoms with Crippen molar-refractivity contribution >= 4 is 78.2 Å². The summed E-state index contributed by atoms with van der Waals surface area (Å²) in [6.45, 7) is 8.28. The van der Waals surface area contributed by atoms with Gasteiger partial charge < -0.3 is 42.7 Å². The second-order valence-corrected chi connectivity index (χ2v) is 14.5. The number of hydrogen-bond donors (Lipinski definition) is 5. The van der Waals surface area contributed by atoms with Gasteiger partial charge in [-0.3, -0.25) is 0 Å². The summed E-state index contributed by atoms with van der Waals surface area (Å²) in [6, 6.07) is 21.1. The van der Waals surface area contributed by atoms with E-state index in [1.54, 1.807) is 12.1 Å². The number of nitriles is 1. The number of anilines is 7. The summed E-state index contributed by atoms with van der Waals surface area (Å²) in [5.41, 5.74) is 37.6. The van der Waals surface area contributed by atoms with Crippen molar-refractivity contribution in [2.75, 3.05) is 94.0 Å². The molecule has 9 N–H and O–H groups in total. The molecule has 0 spiro atoms. The van der Waals surface area contributed by atoms with Crippen LogP contribution in [0.1, 0.15) is 27.8 Å². The largest absolute Gasteiger partial charge is 0.507 e. The van der Waals surface area contributed by atoms with Crippen molar-refractivity contribution in [1.82, 2.24) is 0 Å². The van der Waals surface area contributed by atoms with Gasteiger partial charge in [-0.25, -0.2) is 14.7 Å². The van der Waals surface area contributed by atoms with Crippen molar-refractivity contribution < 1.29 is 9.68 Å². The van der Waals surface area contributed by atoms with E-state index in [9.17, 15) is 10.4 Å². The second-order valence-electron chi connectivity index (χ2n) is 14.5. The molecule has 0 fully saturated rings. The molecule has 0 saturated carbocycles. The van der Waals surface area contributed by atoms with Crippen molar-refractivity contribution in [3.8, 4) is 6.07 Å². The lowest BCUT2D eigenvalue weighted by molar-refractivity contribution is -0.463. The minimum atomic E-state index is -0.206. The van der Waals surface area contributed by atoms with Gasteiger partial charge in [-0.05, 0) is 36.4 Å². The molecule has 7 rings (SSSR count). The van der Waals surface area contributed by atoms with E-state index < -0.39 is 0 Å². The molecule has 5 aromatic carbocycles. The van der Waals surface area contributed by atoms with Gasteiger partial charge in [0.05, 0.1) is 40.8 Å². The average molecular weight is 716 g/mol. The Labute approximate surface area is 315 Å². The molecule has 2 aliphatic carbocycles. The van der Waals surface area contributed by atoms with Crippen LogP contribution in [0.5, 0.6) is 0 Å². The zero-order valence-corrected chi connectivity index (χ0v) is 31.7. The number of nitrogens with two attached hydrogens (primary N) is 4. The van der Waals surface area contributed by atoms with Gasteiger partial charge in [0.2, 0.25) is 5.71 Å². The van der Waals surface area contributed by atoms with Gasteiger partial charge >= 0.3 is 0 Å². The molecule has 2 aliphatic rings. The number of fused-ring (bicyclic) bond motifs is 4.